The van der Waals surface area contributed by atoms with Crippen LogP contribution in [0.15, 0.2) is 24.3 Å². The van der Waals surface area contributed by atoms with Crippen LogP contribution in [-0.4, -0.2) is 48.5 Å². The first kappa shape index (κ1) is 17.4. The Hall–Kier alpha value is -1.70. The van der Waals surface area contributed by atoms with E-state index in [0.29, 0.717) is 0 Å². The molecule has 1 fully saturated rings. The summed E-state index contributed by atoms with van der Waals surface area (Å²) in [5.74, 6) is -0.221. The number of nitro groups is 1. The first-order chi connectivity index (χ1) is 9.66. The fourth-order valence-electron chi connectivity index (χ4n) is 2.19. The van der Waals surface area contributed by atoms with Crippen LogP contribution in [0.1, 0.15) is 6.42 Å². The molecule has 7 nitrogen and oxygen atoms in total. The van der Waals surface area contributed by atoms with Crippen LogP contribution in [0.25, 0.3) is 0 Å². The number of halogens is 1. The van der Waals surface area contributed by atoms with Crippen LogP contribution in [-0.2, 0) is 4.79 Å². The van der Waals surface area contributed by atoms with Gasteiger partial charge in [-0.25, -0.2) is 0 Å². The Morgan fingerprint density at radius 3 is 2.86 bits per heavy atom. The minimum atomic E-state index is -0.495. The van der Waals surface area contributed by atoms with Crippen molar-refractivity contribution in [1.29, 1.82) is 0 Å². The summed E-state index contributed by atoms with van der Waals surface area (Å²) in [7, 11) is 0. The van der Waals surface area contributed by atoms with E-state index in [-0.39, 0.29) is 36.2 Å². The second kappa shape index (κ2) is 8.56. The van der Waals surface area contributed by atoms with E-state index in [4.69, 9.17) is 0 Å². The molecule has 1 aromatic carbocycles. The molecule has 2 N–H and O–H groups in total. The molecule has 1 saturated heterocycles. The zero-order chi connectivity index (χ0) is 14.4. The summed E-state index contributed by atoms with van der Waals surface area (Å²) in [4.78, 5) is 24.4. The van der Waals surface area contributed by atoms with Crippen LogP contribution in [0, 0.1) is 10.1 Å². The lowest BCUT2D eigenvalue weighted by molar-refractivity contribution is -0.383. The van der Waals surface area contributed by atoms with Gasteiger partial charge in [0.1, 0.15) is 5.69 Å². The molecule has 8 heteroatoms. The number of nitrogens with zero attached hydrogens (tertiary/aromatic N) is 2. The van der Waals surface area contributed by atoms with Gasteiger partial charge in [-0.2, -0.15) is 0 Å². The predicted molar refractivity (Wildman–Crippen MR) is 82.9 cm³/mol. The fraction of sp³-hybridized carbons (Fsp3) is 0.462. The van der Waals surface area contributed by atoms with E-state index in [1.54, 1.807) is 18.2 Å². The Morgan fingerprint density at radius 1 is 1.33 bits per heavy atom. The van der Waals surface area contributed by atoms with Gasteiger partial charge in [0.15, 0.2) is 0 Å². The van der Waals surface area contributed by atoms with Crippen molar-refractivity contribution in [2.75, 3.05) is 38.0 Å². The van der Waals surface area contributed by atoms with Crippen molar-refractivity contribution in [2.45, 2.75) is 6.42 Å². The molecule has 1 aliphatic rings. The summed E-state index contributed by atoms with van der Waals surface area (Å²) >= 11 is 0. The zero-order valence-electron chi connectivity index (χ0n) is 11.6. The standard InChI is InChI=1S/C13H18N4O3.ClH/c18-13(10-16-8-3-6-14-7-9-16)15-11-4-1-2-5-12(11)17(19)20;/h1-2,4-5,14H,3,6-10H2,(H,15,18);1H. The van der Waals surface area contributed by atoms with Gasteiger partial charge < -0.3 is 10.6 Å². The molecule has 0 unspecified atom stereocenters. The second-order valence-electron chi connectivity index (χ2n) is 4.70. The van der Waals surface area contributed by atoms with Crippen LogP contribution in [0.3, 0.4) is 0 Å². The van der Waals surface area contributed by atoms with Gasteiger partial charge in [0.2, 0.25) is 5.91 Å². The van der Waals surface area contributed by atoms with Crippen molar-refractivity contribution in [2.24, 2.45) is 0 Å². The van der Waals surface area contributed by atoms with Crippen molar-refractivity contribution < 1.29 is 9.72 Å². The fourth-order valence-corrected chi connectivity index (χ4v) is 2.19. The highest BCUT2D eigenvalue weighted by molar-refractivity contribution is 5.94. The molecule has 0 radical (unpaired) electrons. The molecule has 1 aliphatic heterocycles. The lowest BCUT2D eigenvalue weighted by Crippen LogP contribution is -2.35. The molecule has 1 amide bonds. The van der Waals surface area contributed by atoms with Gasteiger partial charge in [0, 0.05) is 19.2 Å². The Balaban J connectivity index is 0.00000220. The van der Waals surface area contributed by atoms with Gasteiger partial charge in [-0.1, -0.05) is 12.1 Å². The van der Waals surface area contributed by atoms with Crippen molar-refractivity contribution in [3.05, 3.63) is 34.4 Å². The quantitative estimate of drug-likeness (QED) is 0.645. The third kappa shape index (κ3) is 5.30. The topological polar surface area (TPSA) is 87.5 Å². The molecule has 0 spiro atoms. The summed E-state index contributed by atoms with van der Waals surface area (Å²) in [5, 5.41) is 16.8. The molecule has 116 valence electrons. The van der Waals surface area contributed by atoms with Crippen LogP contribution in [0.4, 0.5) is 11.4 Å². The minimum Gasteiger partial charge on any atom is -0.319 e. The lowest BCUT2D eigenvalue weighted by atomic mass is 10.2. The summed E-state index contributed by atoms with van der Waals surface area (Å²) in [5.41, 5.74) is 0.161. The first-order valence-electron chi connectivity index (χ1n) is 6.63. The van der Waals surface area contributed by atoms with E-state index >= 15 is 0 Å². The average molecular weight is 315 g/mol. The maximum absolute atomic E-state index is 12.0. The van der Waals surface area contributed by atoms with Crippen LogP contribution in [0.2, 0.25) is 0 Å². The predicted octanol–water partition coefficient (Wildman–Crippen LogP) is 1.25. The van der Waals surface area contributed by atoms with Gasteiger partial charge >= 0.3 is 0 Å². The van der Waals surface area contributed by atoms with Crippen molar-refractivity contribution in [3.8, 4) is 0 Å². The number of carbonyl (C=O) groups excluding carboxylic acids is 1. The van der Waals surface area contributed by atoms with Gasteiger partial charge in [0.25, 0.3) is 5.69 Å². The van der Waals surface area contributed by atoms with Gasteiger partial charge in [-0.05, 0) is 25.6 Å². The number of nitrogens with one attached hydrogen (secondary N) is 2. The van der Waals surface area contributed by atoms with Gasteiger partial charge in [-0.15, -0.1) is 12.4 Å². The summed E-state index contributed by atoms with van der Waals surface area (Å²) in [6, 6.07) is 6.16. The van der Waals surface area contributed by atoms with Crippen LogP contribution >= 0.6 is 12.4 Å². The third-order valence-corrected chi connectivity index (χ3v) is 3.17. The van der Waals surface area contributed by atoms with Gasteiger partial charge in [0.05, 0.1) is 11.5 Å². The maximum Gasteiger partial charge on any atom is 0.292 e. The molecule has 0 atom stereocenters. The summed E-state index contributed by atoms with van der Waals surface area (Å²) in [6.45, 7) is 3.75. The van der Waals surface area contributed by atoms with Crippen molar-refractivity contribution in [3.63, 3.8) is 0 Å². The Bertz CT molecular complexity index is 490. The van der Waals surface area contributed by atoms with E-state index in [9.17, 15) is 14.9 Å². The van der Waals surface area contributed by atoms with Crippen LogP contribution in [0.5, 0.6) is 0 Å². The smallest absolute Gasteiger partial charge is 0.292 e. The van der Waals surface area contributed by atoms with Crippen molar-refractivity contribution in [1.82, 2.24) is 10.2 Å². The van der Waals surface area contributed by atoms with Gasteiger partial charge in [-0.3, -0.25) is 19.8 Å². The van der Waals surface area contributed by atoms with E-state index in [0.717, 1.165) is 32.6 Å². The first-order valence-corrected chi connectivity index (χ1v) is 6.63. The summed E-state index contributed by atoms with van der Waals surface area (Å²) < 4.78 is 0. The number of anilines is 1. The molecule has 1 heterocycles. The maximum atomic E-state index is 12.0. The molecule has 0 saturated carbocycles. The van der Waals surface area contributed by atoms with E-state index in [2.05, 4.69) is 10.6 Å². The number of nitro benzene ring substituents is 1. The number of hydrogen-bond donors (Lipinski definition) is 2. The highest BCUT2D eigenvalue weighted by atomic mass is 35.5. The van der Waals surface area contributed by atoms with E-state index in [1.807, 2.05) is 4.90 Å². The molecule has 1 aromatic rings. The van der Waals surface area contributed by atoms with E-state index in [1.165, 1.54) is 6.07 Å². The zero-order valence-corrected chi connectivity index (χ0v) is 12.4. The molecule has 21 heavy (non-hydrogen) atoms. The highest BCUT2D eigenvalue weighted by Gasteiger charge is 2.17. The Morgan fingerprint density at radius 2 is 2.10 bits per heavy atom. The molecular weight excluding hydrogens is 296 g/mol. The number of rotatable bonds is 4. The third-order valence-electron chi connectivity index (χ3n) is 3.17. The Kier molecular flexibility index (Phi) is 7.07. The van der Waals surface area contributed by atoms with Crippen molar-refractivity contribution >= 4 is 29.7 Å². The number of carbonyl (C=O) groups is 1. The Labute approximate surface area is 129 Å². The largest absolute Gasteiger partial charge is 0.319 e. The number of benzene rings is 1. The lowest BCUT2D eigenvalue weighted by Gasteiger charge is -2.18. The van der Waals surface area contributed by atoms with E-state index < -0.39 is 4.92 Å². The normalized spacial score (nSPS) is 15.6. The highest BCUT2D eigenvalue weighted by Crippen LogP contribution is 2.22. The number of hydrogen-bond acceptors (Lipinski definition) is 5. The SMILES string of the molecule is Cl.O=C(CN1CCCNCC1)Nc1ccccc1[N+](=O)[O-]. The second-order valence-corrected chi connectivity index (χ2v) is 4.70. The molecule has 0 aliphatic carbocycles. The molecular formula is C13H19ClN4O3. The number of para-hydroxylation sites is 2. The minimum absolute atomic E-state index is 0. The molecule has 0 aromatic heterocycles. The monoisotopic (exact) mass is 314 g/mol. The van der Waals surface area contributed by atoms with Crippen LogP contribution < -0.4 is 10.6 Å². The molecule has 2 rings (SSSR count). The molecule has 0 bridgehead atoms. The number of amides is 1. The summed E-state index contributed by atoms with van der Waals surface area (Å²) in [6.07, 6.45) is 0.999. The average Bonchev–Trinajstić information content (AvgIpc) is 2.67.